The van der Waals surface area contributed by atoms with Gasteiger partial charge in [-0.1, -0.05) is 6.07 Å². The zero-order chi connectivity index (χ0) is 17.8. The van der Waals surface area contributed by atoms with Gasteiger partial charge in [-0.2, -0.15) is 0 Å². The van der Waals surface area contributed by atoms with Crippen LogP contribution < -0.4 is 0 Å². The third-order valence-corrected chi connectivity index (χ3v) is 3.77. The van der Waals surface area contributed by atoms with Gasteiger partial charge in [0.2, 0.25) is 5.78 Å². The van der Waals surface area contributed by atoms with E-state index >= 15 is 0 Å². The third kappa shape index (κ3) is 3.83. The molecule has 3 aromatic rings. The van der Waals surface area contributed by atoms with Crippen LogP contribution in [0.5, 0.6) is 0 Å². The molecule has 2 aromatic carbocycles. The number of carbonyl (C=O) groups excluding carboxylic acids is 2. The van der Waals surface area contributed by atoms with E-state index in [1.54, 1.807) is 18.2 Å². The summed E-state index contributed by atoms with van der Waals surface area (Å²) in [7, 11) is 0. The molecule has 1 aromatic heterocycles. The highest BCUT2D eigenvalue weighted by Crippen LogP contribution is 2.14. The first-order valence-electron chi connectivity index (χ1n) is 7.79. The lowest BCUT2D eigenvalue weighted by Gasteiger charge is -2.13. The van der Waals surface area contributed by atoms with Crippen molar-refractivity contribution >= 4 is 11.8 Å². The first-order valence-corrected chi connectivity index (χ1v) is 7.79. The summed E-state index contributed by atoms with van der Waals surface area (Å²) in [6.45, 7) is 1.50. The topological polar surface area (TPSA) is 48.3 Å². The van der Waals surface area contributed by atoms with Crippen LogP contribution in [0.25, 0.3) is 5.69 Å². The van der Waals surface area contributed by atoms with Crippen LogP contribution in [0, 0.1) is 5.82 Å². The van der Waals surface area contributed by atoms with Crippen molar-refractivity contribution in [3.63, 3.8) is 0 Å². The van der Waals surface area contributed by atoms with Crippen LogP contribution in [0.4, 0.5) is 4.39 Å². The number of Topliss-reactive ketones (excluding diaryl/α,β-unsaturated/α-hetero) is 1. The zero-order valence-electron chi connectivity index (χ0n) is 13.6. The van der Waals surface area contributed by atoms with Gasteiger partial charge >= 0.3 is 5.97 Å². The van der Waals surface area contributed by atoms with Crippen molar-refractivity contribution in [2.75, 3.05) is 0 Å². The van der Waals surface area contributed by atoms with E-state index in [4.69, 9.17) is 4.74 Å². The Kier molecular flexibility index (Phi) is 4.75. The van der Waals surface area contributed by atoms with Crippen molar-refractivity contribution in [3.8, 4) is 5.69 Å². The highest BCUT2D eigenvalue weighted by molar-refractivity contribution is 6.01. The molecule has 0 bridgehead atoms. The number of nitrogens with zero attached hydrogens (tertiary/aromatic N) is 1. The number of esters is 1. The summed E-state index contributed by atoms with van der Waals surface area (Å²) in [5.41, 5.74) is 1.46. The molecule has 1 unspecified atom stereocenters. The van der Waals surface area contributed by atoms with E-state index in [9.17, 15) is 14.0 Å². The van der Waals surface area contributed by atoms with Crippen molar-refractivity contribution in [2.24, 2.45) is 0 Å². The number of benzene rings is 2. The molecule has 1 heterocycles. The zero-order valence-corrected chi connectivity index (χ0v) is 13.6. The van der Waals surface area contributed by atoms with E-state index in [2.05, 4.69) is 0 Å². The van der Waals surface area contributed by atoms with Crippen molar-refractivity contribution in [1.82, 2.24) is 4.57 Å². The number of aromatic nitrogens is 1. The molecule has 0 saturated carbocycles. The minimum atomic E-state index is -0.965. The lowest BCUT2D eigenvalue weighted by molar-refractivity contribution is 0.0319. The molecule has 3 rings (SSSR count). The van der Waals surface area contributed by atoms with E-state index < -0.39 is 17.9 Å². The lowest BCUT2D eigenvalue weighted by atomic mass is 10.1. The first kappa shape index (κ1) is 16.6. The van der Waals surface area contributed by atoms with Crippen LogP contribution in [0.2, 0.25) is 0 Å². The molecule has 5 heteroatoms. The Labute approximate surface area is 144 Å². The minimum absolute atomic E-state index is 0.294. The highest BCUT2D eigenvalue weighted by Gasteiger charge is 2.20. The Morgan fingerprint density at radius 1 is 0.960 bits per heavy atom. The standard InChI is InChI=1S/C20H16FNO3/c1-14(19(23)15-7-9-17(21)10-8-15)25-20(24)16-5-4-6-18(13-16)22-11-2-3-12-22/h2-14H,1H3. The minimum Gasteiger partial charge on any atom is -0.451 e. The molecule has 4 nitrogen and oxygen atoms in total. The van der Waals surface area contributed by atoms with Gasteiger partial charge in [0.25, 0.3) is 0 Å². The Morgan fingerprint density at radius 3 is 2.32 bits per heavy atom. The van der Waals surface area contributed by atoms with Crippen LogP contribution in [0.3, 0.4) is 0 Å². The fourth-order valence-corrected chi connectivity index (χ4v) is 2.43. The monoisotopic (exact) mass is 337 g/mol. The Balaban J connectivity index is 1.72. The second-order valence-corrected chi connectivity index (χ2v) is 5.56. The quantitative estimate of drug-likeness (QED) is 0.521. The molecule has 25 heavy (non-hydrogen) atoms. The molecule has 0 fully saturated rings. The first-order chi connectivity index (χ1) is 12.0. The summed E-state index contributed by atoms with van der Waals surface area (Å²) < 4.78 is 20.1. The average molecular weight is 337 g/mol. The van der Waals surface area contributed by atoms with Crippen LogP contribution in [0.1, 0.15) is 27.6 Å². The molecule has 0 aliphatic rings. The van der Waals surface area contributed by atoms with E-state index in [0.29, 0.717) is 11.1 Å². The van der Waals surface area contributed by atoms with E-state index in [-0.39, 0.29) is 5.78 Å². The Morgan fingerprint density at radius 2 is 1.64 bits per heavy atom. The van der Waals surface area contributed by atoms with E-state index in [1.165, 1.54) is 31.2 Å². The van der Waals surface area contributed by atoms with Gasteiger partial charge in [0, 0.05) is 23.6 Å². The molecule has 0 radical (unpaired) electrons. The largest absolute Gasteiger partial charge is 0.451 e. The van der Waals surface area contributed by atoms with Crippen molar-refractivity contribution in [2.45, 2.75) is 13.0 Å². The number of carbonyl (C=O) groups is 2. The molecule has 126 valence electrons. The molecule has 0 spiro atoms. The molecule has 1 atom stereocenters. The smallest absolute Gasteiger partial charge is 0.338 e. The van der Waals surface area contributed by atoms with Crippen LogP contribution in [-0.2, 0) is 4.74 Å². The van der Waals surface area contributed by atoms with Gasteiger partial charge in [-0.3, -0.25) is 4.79 Å². The summed E-state index contributed by atoms with van der Waals surface area (Å²) in [6.07, 6.45) is 2.77. The molecule has 0 N–H and O–H groups in total. The SMILES string of the molecule is CC(OC(=O)c1cccc(-n2cccc2)c1)C(=O)c1ccc(F)cc1. The van der Waals surface area contributed by atoms with Gasteiger partial charge in [0.05, 0.1) is 5.56 Å². The van der Waals surface area contributed by atoms with Crippen molar-refractivity contribution in [3.05, 3.63) is 90.0 Å². The molecule has 0 aliphatic carbocycles. The molecule has 0 amide bonds. The summed E-state index contributed by atoms with van der Waals surface area (Å²) in [4.78, 5) is 24.6. The summed E-state index contributed by atoms with van der Waals surface area (Å²) in [5, 5.41) is 0. The predicted octanol–water partition coefficient (Wildman–Crippen LogP) is 4.04. The second-order valence-electron chi connectivity index (χ2n) is 5.56. The summed E-state index contributed by atoms with van der Waals surface area (Å²) in [6, 6.07) is 15.8. The Hall–Kier alpha value is -3.21. The fraction of sp³-hybridized carbons (Fsp3) is 0.100. The van der Waals surface area contributed by atoms with Crippen LogP contribution in [0.15, 0.2) is 73.1 Å². The number of hydrogen-bond acceptors (Lipinski definition) is 3. The van der Waals surface area contributed by atoms with Gasteiger partial charge in [-0.05, 0) is 61.5 Å². The van der Waals surface area contributed by atoms with E-state index in [1.807, 2.05) is 35.2 Å². The Bertz CT molecular complexity index is 886. The van der Waals surface area contributed by atoms with Crippen LogP contribution in [-0.4, -0.2) is 22.4 Å². The number of rotatable bonds is 5. The molecular weight excluding hydrogens is 321 g/mol. The van der Waals surface area contributed by atoms with Gasteiger partial charge < -0.3 is 9.30 Å². The van der Waals surface area contributed by atoms with E-state index in [0.717, 1.165) is 5.69 Å². The highest BCUT2D eigenvalue weighted by atomic mass is 19.1. The summed E-state index contributed by atoms with van der Waals surface area (Å²) in [5.74, 6) is -1.39. The predicted molar refractivity (Wildman–Crippen MR) is 91.4 cm³/mol. The number of halogens is 1. The normalized spacial score (nSPS) is 11.8. The van der Waals surface area contributed by atoms with Gasteiger partial charge in [-0.25, -0.2) is 9.18 Å². The summed E-state index contributed by atoms with van der Waals surface area (Å²) >= 11 is 0. The number of ketones is 1. The maximum Gasteiger partial charge on any atom is 0.338 e. The van der Waals surface area contributed by atoms with Crippen LogP contribution >= 0.6 is 0 Å². The second kappa shape index (κ2) is 7.13. The maximum absolute atomic E-state index is 12.9. The van der Waals surface area contributed by atoms with Crippen molar-refractivity contribution < 1.29 is 18.7 Å². The average Bonchev–Trinajstić information content (AvgIpc) is 3.16. The maximum atomic E-state index is 12.9. The number of hydrogen-bond donors (Lipinski definition) is 0. The van der Waals surface area contributed by atoms with Gasteiger partial charge in [-0.15, -0.1) is 0 Å². The fourth-order valence-electron chi connectivity index (χ4n) is 2.43. The molecule has 0 saturated heterocycles. The van der Waals surface area contributed by atoms with Gasteiger partial charge in [0.1, 0.15) is 5.82 Å². The lowest BCUT2D eigenvalue weighted by Crippen LogP contribution is -2.24. The third-order valence-electron chi connectivity index (χ3n) is 3.77. The number of ether oxygens (including phenoxy) is 1. The molecular formula is C20H16FNO3. The van der Waals surface area contributed by atoms with Crippen molar-refractivity contribution in [1.29, 1.82) is 0 Å². The van der Waals surface area contributed by atoms with Gasteiger partial charge in [0.15, 0.2) is 6.10 Å². The molecule has 0 aliphatic heterocycles.